The minimum atomic E-state index is -2.91. The number of hydrogen-bond donors (Lipinski definition) is 1. The minimum absolute atomic E-state index is 0.0980. The largest absolute Gasteiger partial charge is 0.366 e. The van der Waals surface area contributed by atoms with Crippen molar-refractivity contribution in [1.29, 1.82) is 0 Å². The Labute approximate surface area is 126 Å². The number of thiophene rings is 1. The van der Waals surface area contributed by atoms with Gasteiger partial charge in [-0.3, -0.25) is 0 Å². The fraction of sp³-hybridized carbons (Fsp3) is 0.500. The van der Waals surface area contributed by atoms with Crippen LogP contribution in [0, 0.1) is 0 Å². The van der Waals surface area contributed by atoms with Gasteiger partial charge in [-0.25, -0.2) is 18.4 Å². The maximum atomic E-state index is 11.5. The van der Waals surface area contributed by atoms with Gasteiger partial charge in [-0.05, 0) is 30.5 Å². The van der Waals surface area contributed by atoms with Crippen LogP contribution in [-0.2, 0) is 16.3 Å². The molecule has 3 heterocycles. The van der Waals surface area contributed by atoms with E-state index in [1.165, 1.54) is 4.88 Å². The van der Waals surface area contributed by atoms with E-state index in [-0.39, 0.29) is 22.8 Å². The van der Waals surface area contributed by atoms with E-state index >= 15 is 0 Å². The number of nitrogens with zero attached hydrogens (tertiary/aromatic N) is 2. The molecule has 1 saturated heterocycles. The molecule has 5 nitrogen and oxygen atoms in total. The topological polar surface area (TPSA) is 72.0 Å². The van der Waals surface area contributed by atoms with Crippen LogP contribution in [0.3, 0.4) is 0 Å². The van der Waals surface area contributed by atoms with E-state index in [1.54, 1.807) is 11.3 Å². The lowest BCUT2D eigenvalue weighted by molar-refractivity contribution is 0.602. The van der Waals surface area contributed by atoms with E-state index in [1.807, 2.05) is 6.07 Å². The summed E-state index contributed by atoms with van der Waals surface area (Å²) >= 11 is 7.53. The number of aromatic nitrogens is 2. The average molecular weight is 332 g/mol. The molecule has 0 saturated carbocycles. The molecule has 8 heteroatoms. The summed E-state index contributed by atoms with van der Waals surface area (Å²) in [5.41, 5.74) is 0. The van der Waals surface area contributed by atoms with Crippen LogP contribution in [0.25, 0.3) is 10.2 Å². The van der Waals surface area contributed by atoms with E-state index < -0.39 is 9.84 Å². The van der Waals surface area contributed by atoms with Crippen molar-refractivity contribution in [2.24, 2.45) is 0 Å². The smallest absolute Gasteiger partial charge is 0.225 e. The zero-order valence-corrected chi connectivity index (χ0v) is 13.3. The predicted molar refractivity (Wildman–Crippen MR) is 82.5 cm³/mol. The Bertz CT molecular complexity index is 757. The van der Waals surface area contributed by atoms with Gasteiger partial charge in [0.2, 0.25) is 5.28 Å². The first-order chi connectivity index (χ1) is 9.47. The standard InChI is InChI=1S/C12H14ClN3O2S2/c1-2-8-5-9-10(15-12(13)16-11(9)19-8)14-7-3-4-20(17,18)6-7/h5,7H,2-4,6H2,1H3,(H,14,15,16). The van der Waals surface area contributed by atoms with Crippen molar-refractivity contribution in [3.63, 3.8) is 0 Å². The molecule has 3 rings (SSSR count). The molecular formula is C12H14ClN3O2S2. The maximum Gasteiger partial charge on any atom is 0.225 e. The van der Waals surface area contributed by atoms with Crippen molar-refractivity contribution in [3.05, 3.63) is 16.2 Å². The Kier molecular flexibility index (Phi) is 3.60. The van der Waals surface area contributed by atoms with Crippen LogP contribution in [0.1, 0.15) is 18.2 Å². The van der Waals surface area contributed by atoms with Crippen LogP contribution in [0.5, 0.6) is 0 Å². The van der Waals surface area contributed by atoms with Crippen molar-refractivity contribution in [3.8, 4) is 0 Å². The van der Waals surface area contributed by atoms with E-state index in [0.717, 1.165) is 16.6 Å². The summed E-state index contributed by atoms with van der Waals surface area (Å²) in [6, 6.07) is 1.95. The van der Waals surface area contributed by atoms with Gasteiger partial charge in [0.25, 0.3) is 0 Å². The summed E-state index contributed by atoms with van der Waals surface area (Å²) in [5.74, 6) is 1.02. The molecule has 0 radical (unpaired) electrons. The molecule has 0 amide bonds. The summed E-state index contributed by atoms with van der Waals surface area (Å²) in [4.78, 5) is 10.5. The highest BCUT2D eigenvalue weighted by atomic mass is 35.5. The van der Waals surface area contributed by atoms with Gasteiger partial charge >= 0.3 is 0 Å². The molecule has 1 aliphatic rings. The molecule has 0 spiro atoms. The Morgan fingerprint density at radius 3 is 2.95 bits per heavy atom. The zero-order chi connectivity index (χ0) is 14.3. The summed E-state index contributed by atoms with van der Waals surface area (Å²) in [7, 11) is -2.91. The molecule has 2 aromatic rings. The molecule has 20 heavy (non-hydrogen) atoms. The fourth-order valence-corrected chi connectivity index (χ4v) is 5.19. The summed E-state index contributed by atoms with van der Waals surface area (Å²) in [6.45, 7) is 2.08. The number of aryl methyl sites for hydroxylation is 1. The second-order valence-corrected chi connectivity index (χ2v) is 8.55. The first-order valence-electron chi connectivity index (χ1n) is 6.40. The Morgan fingerprint density at radius 1 is 1.50 bits per heavy atom. The van der Waals surface area contributed by atoms with Gasteiger partial charge in [-0.15, -0.1) is 11.3 Å². The highest BCUT2D eigenvalue weighted by Crippen LogP contribution is 2.31. The van der Waals surface area contributed by atoms with Crippen LogP contribution in [0.2, 0.25) is 5.28 Å². The lowest BCUT2D eigenvalue weighted by atomic mass is 10.2. The third-order valence-electron chi connectivity index (χ3n) is 3.34. The number of fused-ring (bicyclic) bond motifs is 1. The number of halogens is 1. The van der Waals surface area contributed by atoms with Gasteiger partial charge < -0.3 is 5.32 Å². The second-order valence-electron chi connectivity index (χ2n) is 4.87. The number of rotatable bonds is 3. The highest BCUT2D eigenvalue weighted by molar-refractivity contribution is 7.91. The van der Waals surface area contributed by atoms with Crippen molar-refractivity contribution in [2.75, 3.05) is 16.8 Å². The third-order valence-corrected chi connectivity index (χ3v) is 6.45. The number of anilines is 1. The van der Waals surface area contributed by atoms with Crippen molar-refractivity contribution < 1.29 is 8.42 Å². The highest BCUT2D eigenvalue weighted by Gasteiger charge is 2.28. The Balaban J connectivity index is 1.96. The van der Waals surface area contributed by atoms with Crippen molar-refractivity contribution in [2.45, 2.75) is 25.8 Å². The number of hydrogen-bond acceptors (Lipinski definition) is 6. The molecule has 2 aromatic heterocycles. The maximum absolute atomic E-state index is 11.5. The summed E-state index contributed by atoms with van der Waals surface area (Å²) < 4.78 is 23.0. The second kappa shape index (κ2) is 5.13. The minimum Gasteiger partial charge on any atom is -0.366 e. The molecule has 0 bridgehead atoms. The van der Waals surface area contributed by atoms with E-state index in [2.05, 4.69) is 22.2 Å². The molecule has 108 valence electrons. The van der Waals surface area contributed by atoms with E-state index in [0.29, 0.717) is 12.2 Å². The van der Waals surface area contributed by atoms with Gasteiger partial charge in [-0.1, -0.05) is 6.92 Å². The molecule has 1 N–H and O–H groups in total. The molecular weight excluding hydrogens is 318 g/mol. The Hall–Kier alpha value is -0.920. The van der Waals surface area contributed by atoms with Gasteiger partial charge in [0.1, 0.15) is 10.6 Å². The van der Waals surface area contributed by atoms with Gasteiger partial charge in [0.15, 0.2) is 9.84 Å². The molecule has 1 fully saturated rings. The zero-order valence-electron chi connectivity index (χ0n) is 10.9. The lowest BCUT2D eigenvalue weighted by Crippen LogP contribution is -2.21. The molecule has 0 aliphatic carbocycles. The number of nitrogens with one attached hydrogen (secondary N) is 1. The SMILES string of the molecule is CCc1cc2c(NC3CCS(=O)(=O)C3)nc(Cl)nc2s1. The first-order valence-corrected chi connectivity index (χ1v) is 9.41. The molecule has 1 atom stereocenters. The molecule has 1 unspecified atom stereocenters. The summed E-state index contributed by atoms with van der Waals surface area (Å²) in [6.07, 6.45) is 1.53. The number of sulfone groups is 1. The average Bonchev–Trinajstić information content (AvgIpc) is 2.92. The quantitative estimate of drug-likeness (QED) is 0.875. The summed E-state index contributed by atoms with van der Waals surface area (Å²) in [5, 5.41) is 4.31. The van der Waals surface area contributed by atoms with Crippen LogP contribution >= 0.6 is 22.9 Å². The van der Waals surface area contributed by atoms with Crippen LogP contribution < -0.4 is 5.32 Å². The normalized spacial score (nSPS) is 21.4. The van der Waals surface area contributed by atoms with E-state index in [4.69, 9.17) is 11.6 Å². The van der Waals surface area contributed by atoms with Crippen LogP contribution in [0.15, 0.2) is 6.07 Å². The molecule has 1 aliphatic heterocycles. The first kappa shape index (κ1) is 14.0. The van der Waals surface area contributed by atoms with Gasteiger partial charge in [-0.2, -0.15) is 0 Å². The van der Waals surface area contributed by atoms with Gasteiger partial charge in [0.05, 0.1) is 16.9 Å². The van der Waals surface area contributed by atoms with E-state index in [9.17, 15) is 8.42 Å². The lowest BCUT2D eigenvalue weighted by Gasteiger charge is -2.12. The van der Waals surface area contributed by atoms with Gasteiger partial charge in [0, 0.05) is 10.9 Å². The predicted octanol–water partition coefficient (Wildman–Crippen LogP) is 2.51. The van der Waals surface area contributed by atoms with Crippen molar-refractivity contribution in [1.82, 2.24) is 9.97 Å². The Morgan fingerprint density at radius 2 is 2.30 bits per heavy atom. The fourth-order valence-electron chi connectivity index (χ4n) is 2.33. The monoisotopic (exact) mass is 331 g/mol. The molecule has 0 aromatic carbocycles. The van der Waals surface area contributed by atoms with Crippen molar-refractivity contribution >= 4 is 48.8 Å². The van der Waals surface area contributed by atoms with Crippen LogP contribution in [0.4, 0.5) is 5.82 Å². The van der Waals surface area contributed by atoms with Crippen LogP contribution in [-0.4, -0.2) is 35.9 Å². The third kappa shape index (κ3) is 2.75.